The van der Waals surface area contributed by atoms with E-state index in [2.05, 4.69) is 51.8 Å². The summed E-state index contributed by atoms with van der Waals surface area (Å²) in [5.74, 6) is 0. The van der Waals surface area contributed by atoms with Crippen LogP contribution in [0.3, 0.4) is 0 Å². The number of rotatable bonds is 7. The molecule has 0 bridgehead atoms. The lowest BCUT2D eigenvalue weighted by atomic mass is 9.76. The van der Waals surface area contributed by atoms with Crippen molar-refractivity contribution in [2.45, 2.75) is 97.2 Å². The Morgan fingerprint density at radius 3 is 2.07 bits per heavy atom. The van der Waals surface area contributed by atoms with Gasteiger partial charge in [0.1, 0.15) is 0 Å². The van der Waals surface area contributed by atoms with E-state index in [-0.39, 0.29) is 29.2 Å². The van der Waals surface area contributed by atoms with Crippen LogP contribution in [0.5, 0.6) is 0 Å². The van der Waals surface area contributed by atoms with E-state index in [0.29, 0.717) is 19.6 Å². The number of piperidine rings is 1. The van der Waals surface area contributed by atoms with Gasteiger partial charge in [-0.15, -0.1) is 0 Å². The van der Waals surface area contributed by atoms with E-state index >= 15 is 0 Å². The summed E-state index contributed by atoms with van der Waals surface area (Å²) >= 11 is 0. The van der Waals surface area contributed by atoms with Gasteiger partial charge >= 0.3 is 12.1 Å². The SMILES string of the molecule is CCCCN1C(=O)NCCN(C2CC(C)(C)N(CCCC)C(C)(C)C2)C1=O. The van der Waals surface area contributed by atoms with Gasteiger partial charge in [-0.05, 0) is 59.9 Å². The molecule has 6 nitrogen and oxygen atoms in total. The van der Waals surface area contributed by atoms with Gasteiger partial charge in [-0.3, -0.25) is 4.90 Å². The fourth-order valence-corrected chi connectivity index (χ4v) is 4.98. The number of likely N-dealkylation sites (tertiary alicyclic amines) is 1. The molecule has 0 aromatic rings. The van der Waals surface area contributed by atoms with Crippen LogP contribution >= 0.6 is 0 Å². The second-order valence-electron chi connectivity index (χ2n) is 9.41. The van der Waals surface area contributed by atoms with Crippen molar-refractivity contribution in [3.63, 3.8) is 0 Å². The smallest absolute Gasteiger partial charge is 0.328 e. The summed E-state index contributed by atoms with van der Waals surface area (Å²) in [4.78, 5) is 31.6. The molecule has 6 heteroatoms. The molecular weight excluding hydrogens is 340 g/mol. The fraction of sp³-hybridized carbons (Fsp3) is 0.905. The molecule has 2 heterocycles. The van der Waals surface area contributed by atoms with Crippen molar-refractivity contribution in [1.82, 2.24) is 20.0 Å². The first-order chi connectivity index (χ1) is 12.6. The van der Waals surface area contributed by atoms with Crippen molar-refractivity contribution in [2.24, 2.45) is 0 Å². The predicted octanol–water partition coefficient (Wildman–Crippen LogP) is 4.06. The Labute approximate surface area is 165 Å². The number of carbonyl (C=O) groups is 2. The van der Waals surface area contributed by atoms with E-state index in [0.717, 1.165) is 32.2 Å². The van der Waals surface area contributed by atoms with E-state index < -0.39 is 0 Å². The summed E-state index contributed by atoms with van der Waals surface area (Å²) in [5.41, 5.74) is 0.0553. The molecule has 0 aromatic heterocycles. The average molecular weight is 381 g/mol. The summed E-state index contributed by atoms with van der Waals surface area (Å²) in [6.07, 6.45) is 6.09. The highest BCUT2D eigenvalue weighted by Gasteiger charge is 2.48. The maximum Gasteiger partial charge on any atom is 0.328 e. The predicted molar refractivity (Wildman–Crippen MR) is 110 cm³/mol. The first kappa shape index (κ1) is 22.0. The molecule has 156 valence electrons. The number of unbranched alkanes of at least 4 members (excludes halogenated alkanes) is 2. The lowest BCUT2D eigenvalue weighted by molar-refractivity contribution is -0.0588. The Bertz CT molecular complexity index is 514. The molecule has 2 aliphatic heterocycles. The normalized spacial score (nSPS) is 24.1. The number of hydrogen-bond donors (Lipinski definition) is 1. The van der Waals surface area contributed by atoms with Crippen LogP contribution in [0, 0.1) is 0 Å². The van der Waals surface area contributed by atoms with Gasteiger partial charge in [-0.2, -0.15) is 0 Å². The van der Waals surface area contributed by atoms with E-state index in [1.54, 1.807) is 0 Å². The molecule has 2 fully saturated rings. The Hall–Kier alpha value is -1.30. The quantitative estimate of drug-likeness (QED) is 0.725. The minimum absolute atomic E-state index is 0.0276. The van der Waals surface area contributed by atoms with Gasteiger partial charge in [0.2, 0.25) is 0 Å². The van der Waals surface area contributed by atoms with E-state index in [1.165, 1.54) is 17.7 Å². The van der Waals surface area contributed by atoms with Crippen LogP contribution in [0.2, 0.25) is 0 Å². The molecule has 0 spiro atoms. The largest absolute Gasteiger partial charge is 0.336 e. The van der Waals surface area contributed by atoms with Crippen molar-refractivity contribution in [3.05, 3.63) is 0 Å². The second-order valence-corrected chi connectivity index (χ2v) is 9.41. The maximum atomic E-state index is 13.2. The summed E-state index contributed by atoms with van der Waals surface area (Å²) in [6.45, 7) is 16.2. The zero-order valence-electron chi connectivity index (χ0n) is 18.3. The molecule has 0 aromatic carbocycles. The summed E-state index contributed by atoms with van der Waals surface area (Å²) in [6, 6.07) is -0.191. The van der Waals surface area contributed by atoms with Crippen molar-refractivity contribution < 1.29 is 9.59 Å². The molecule has 0 unspecified atom stereocenters. The third kappa shape index (κ3) is 4.95. The van der Waals surface area contributed by atoms with Crippen LogP contribution in [0.1, 0.15) is 80.1 Å². The molecule has 2 rings (SSSR count). The lowest BCUT2D eigenvalue weighted by Crippen LogP contribution is -2.65. The van der Waals surface area contributed by atoms with Gasteiger partial charge in [-0.1, -0.05) is 26.7 Å². The molecule has 2 saturated heterocycles. The first-order valence-corrected chi connectivity index (χ1v) is 10.8. The number of nitrogens with zero attached hydrogens (tertiary/aromatic N) is 3. The number of nitrogens with one attached hydrogen (secondary N) is 1. The Morgan fingerprint density at radius 2 is 1.52 bits per heavy atom. The second kappa shape index (κ2) is 8.80. The topological polar surface area (TPSA) is 55.9 Å². The summed E-state index contributed by atoms with van der Waals surface area (Å²) < 4.78 is 0. The monoisotopic (exact) mass is 380 g/mol. The summed E-state index contributed by atoms with van der Waals surface area (Å²) in [5, 5.41) is 2.90. The van der Waals surface area contributed by atoms with Crippen molar-refractivity contribution in [2.75, 3.05) is 26.2 Å². The van der Waals surface area contributed by atoms with E-state index in [4.69, 9.17) is 0 Å². The average Bonchev–Trinajstić information content (AvgIpc) is 2.70. The van der Waals surface area contributed by atoms with Crippen LogP contribution in [0.4, 0.5) is 9.59 Å². The highest BCUT2D eigenvalue weighted by molar-refractivity contribution is 5.94. The van der Waals surface area contributed by atoms with E-state index in [9.17, 15) is 9.59 Å². The van der Waals surface area contributed by atoms with Gasteiger partial charge in [0.05, 0.1) is 0 Å². The van der Waals surface area contributed by atoms with Crippen LogP contribution in [-0.4, -0.2) is 70.1 Å². The molecule has 4 amide bonds. The van der Waals surface area contributed by atoms with Crippen molar-refractivity contribution in [3.8, 4) is 0 Å². The van der Waals surface area contributed by atoms with Gasteiger partial charge < -0.3 is 10.2 Å². The number of hydrogen-bond acceptors (Lipinski definition) is 3. The molecule has 0 aliphatic carbocycles. The first-order valence-electron chi connectivity index (χ1n) is 10.8. The lowest BCUT2D eigenvalue weighted by Gasteiger charge is -2.57. The molecule has 0 radical (unpaired) electrons. The minimum Gasteiger partial charge on any atom is -0.336 e. The van der Waals surface area contributed by atoms with Crippen molar-refractivity contribution >= 4 is 12.1 Å². The zero-order valence-corrected chi connectivity index (χ0v) is 18.3. The molecule has 1 N–H and O–H groups in total. The molecule has 0 saturated carbocycles. The van der Waals surface area contributed by atoms with Gasteiger partial charge in [0, 0.05) is 36.8 Å². The molecule has 2 aliphatic rings. The Balaban J connectivity index is 2.21. The molecular formula is C21H40N4O2. The number of amides is 4. The maximum absolute atomic E-state index is 13.2. The zero-order chi connectivity index (χ0) is 20.2. The van der Waals surface area contributed by atoms with Gasteiger partial charge in [-0.25, -0.2) is 14.5 Å². The Kier molecular flexibility index (Phi) is 7.17. The van der Waals surface area contributed by atoms with Crippen LogP contribution in [0.15, 0.2) is 0 Å². The summed E-state index contributed by atoms with van der Waals surface area (Å²) in [7, 11) is 0. The van der Waals surface area contributed by atoms with E-state index in [1.807, 2.05) is 4.90 Å². The third-order valence-electron chi connectivity index (χ3n) is 6.19. The number of imide groups is 1. The highest BCUT2D eigenvalue weighted by Crippen LogP contribution is 2.40. The highest BCUT2D eigenvalue weighted by atomic mass is 16.2. The van der Waals surface area contributed by atoms with Crippen LogP contribution in [-0.2, 0) is 0 Å². The van der Waals surface area contributed by atoms with Gasteiger partial charge in [0.15, 0.2) is 0 Å². The fourth-order valence-electron chi connectivity index (χ4n) is 4.98. The Morgan fingerprint density at radius 1 is 0.963 bits per heavy atom. The van der Waals surface area contributed by atoms with Crippen LogP contribution < -0.4 is 5.32 Å². The van der Waals surface area contributed by atoms with Gasteiger partial charge in [0.25, 0.3) is 0 Å². The molecule has 0 atom stereocenters. The standard InChI is InChI=1S/C21H40N4O2/c1-7-9-12-24-18(26)22-11-14-23(19(24)27)17-15-20(3,4)25(13-10-8-2)21(5,6)16-17/h17H,7-16H2,1-6H3,(H,22,26). The third-order valence-corrected chi connectivity index (χ3v) is 6.19. The number of urea groups is 2. The molecule has 27 heavy (non-hydrogen) atoms. The van der Waals surface area contributed by atoms with Crippen molar-refractivity contribution in [1.29, 1.82) is 0 Å². The van der Waals surface area contributed by atoms with Crippen LogP contribution in [0.25, 0.3) is 0 Å². The minimum atomic E-state index is -0.241. The number of carbonyl (C=O) groups excluding carboxylic acids is 2.